The van der Waals surface area contributed by atoms with Gasteiger partial charge in [0.1, 0.15) is 18.2 Å². The van der Waals surface area contributed by atoms with E-state index in [1.165, 1.54) is 17.7 Å². The quantitative estimate of drug-likeness (QED) is 0.849. The third-order valence-electron chi connectivity index (χ3n) is 2.96. The summed E-state index contributed by atoms with van der Waals surface area (Å²) in [5.41, 5.74) is 2.30. The van der Waals surface area contributed by atoms with Crippen LogP contribution in [0.15, 0.2) is 46.9 Å². The van der Waals surface area contributed by atoms with Crippen LogP contribution < -0.4 is 10.1 Å². The lowest BCUT2D eigenvalue weighted by atomic mass is 10.1. The van der Waals surface area contributed by atoms with Crippen molar-refractivity contribution in [3.8, 4) is 5.75 Å². The van der Waals surface area contributed by atoms with Gasteiger partial charge in [0.05, 0.1) is 4.47 Å². The van der Waals surface area contributed by atoms with Gasteiger partial charge in [-0.05, 0) is 45.7 Å². The Morgan fingerprint density at radius 2 is 1.90 bits per heavy atom. The summed E-state index contributed by atoms with van der Waals surface area (Å²) in [6, 6.07) is 12.5. The molecule has 0 saturated carbocycles. The van der Waals surface area contributed by atoms with Crippen LogP contribution in [0, 0.1) is 5.82 Å². The van der Waals surface area contributed by atoms with Crippen molar-refractivity contribution < 1.29 is 9.13 Å². The minimum absolute atomic E-state index is 0.302. The molecule has 0 aliphatic heterocycles. The lowest BCUT2D eigenvalue weighted by Gasteiger charge is -2.12. The minimum atomic E-state index is -0.302. The number of ether oxygens (including phenoxy) is 1. The predicted octanol–water partition coefficient (Wildman–Crippen LogP) is 4.28. The summed E-state index contributed by atoms with van der Waals surface area (Å²) >= 11 is 3.36. The Kier molecular flexibility index (Phi) is 5.56. The van der Waals surface area contributed by atoms with Gasteiger partial charge in [-0.1, -0.05) is 31.2 Å². The molecule has 2 rings (SSSR count). The number of hydrogen-bond acceptors (Lipinski definition) is 2. The van der Waals surface area contributed by atoms with Gasteiger partial charge in [0.15, 0.2) is 0 Å². The summed E-state index contributed by atoms with van der Waals surface area (Å²) in [7, 11) is 0. The van der Waals surface area contributed by atoms with Crippen LogP contribution >= 0.6 is 15.9 Å². The molecule has 106 valence electrons. The van der Waals surface area contributed by atoms with Gasteiger partial charge in [0, 0.05) is 12.6 Å². The van der Waals surface area contributed by atoms with Crippen molar-refractivity contribution in [1.82, 2.24) is 5.32 Å². The maximum Gasteiger partial charge on any atom is 0.136 e. The van der Waals surface area contributed by atoms with Gasteiger partial charge in [-0.15, -0.1) is 0 Å². The van der Waals surface area contributed by atoms with Crippen LogP contribution in [0.4, 0.5) is 4.39 Å². The summed E-state index contributed by atoms with van der Waals surface area (Å²) in [4.78, 5) is 0. The van der Waals surface area contributed by atoms with Crippen LogP contribution in [-0.2, 0) is 13.2 Å². The molecule has 0 unspecified atom stereocenters. The molecule has 0 bridgehead atoms. The Bertz CT molecular complexity index is 574. The highest BCUT2D eigenvalue weighted by Gasteiger charge is 2.06. The maximum absolute atomic E-state index is 13.2. The molecule has 0 aliphatic rings. The zero-order chi connectivity index (χ0) is 14.4. The minimum Gasteiger partial charge on any atom is -0.488 e. The van der Waals surface area contributed by atoms with Crippen molar-refractivity contribution in [2.45, 2.75) is 20.1 Å². The summed E-state index contributed by atoms with van der Waals surface area (Å²) in [6.45, 7) is 4.22. The van der Waals surface area contributed by atoms with Gasteiger partial charge in [-0.25, -0.2) is 4.39 Å². The summed E-state index contributed by atoms with van der Waals surface area (Å²) in [6.07, 6.45) is 0. The van der Waals surface area contributed by atoms with Crippen LogP contribution in [0.3, 0.4) is 0 Å². The number of rotatable bonds is 6. The number of benzene rings is 2. The van der Waals surface area contributed by atoms with E-state index in [9.17, 15) is 4.39 Å². The lowest BCUT2D eigenvalue weighted by Crippen LogP contribution is -2.14. The summed E-state index contributed by atoms with van der Waals surface area (Å²) in [5.74, 6) is 0.215. The van der Waals surface area contributed by atoms with E-state index in [-0.39, 0.29) is 5.82 Å². The van der Waals surface area contributed by atoms with Gasteiger partial charge in [-0.2, -0.15) is 0 Å². The molecule has 0 saturated heterocycles. The van der Waals surface area contributed by atoms with E-state index >= 15 is 0 Å². The van der Waals surface area contributed by atoms with Gasteiger partial charge in [-0.3, -0.25) is 0 Å². The molecule has 2 aromatic rings. The van der Waals surface area contributed by atoms with E-state index in [4.69, 9.17) is 4.74 Å². The van der Waals surface area contributed by atoms with E-state index in [0.29, 0.717) is 12.4 Å². The second-order valence-corrected chi connectivity index (χ2v) is 5.27. The number of halogens is 2. The normalized spacial score (nSPS) is 10.6. The molecule has 20 heavy (non-hydrogen) atoms. The van der Waals surface area contributed by atoms with E-state index in [1.54, 1.807) is 6.07 Å². The summed E-state index contributed by atoms with van der Waals surface area (Å²) in [5, 5.41) is 3.30. The fraction of sp³-hybridized carbons (Fsp3) is 0.250. The lowest BCUT2D eigenvalue weighted by molar-refractivity contribution is 0.301. The molecule has 0 spiro atoms. The first-order valence-electron chi connectivity index (χ1n) is 6.56. The molecule has 4 heteroatoms. The second-order valence-electron chi connectivity index (χ2n) is 4.41. The Labute approximate surface area is 127 Å². The maximum atomic E-state index is 13.2. The molecule has 1 N–H and O–H groups in total. The average molecular weight is 338 g/mol. The number of nitrogens with one attached hydrogen (secondary N) is 1. The topological polar surface area (TPSA) is 21.3 Å². The molecule has 0 radical (unpaired) electrons. The first kappa shape index (κ1) is 15.0. The molecule has 0 fully saturated rings. The highest BCUT2D eigenvalue weighted by atomic mass is 79.9. The highest BCUT2D eigenvalue weighted by Crippen LogP contribution is 2.26. The van der Waals surface area contributed by atoms with Crippen LogP contribution in [0.25, 0.3) is 0 Å². The Balaban J connectivity index is 2.08. The van der Waals surface area contributed by atoms with Crippen molar-refractivity contribution in [2.24, 2.45) is 0 Å². The highest BCUT2D eigenvalue weighted by molar-refractivity contribution is 9.10. The Morgan fingerprint density at radius 3 is 2.65 bits per heavy atom. The van der Waals surface area contributed by atoms with Crippen LogP contribution in [0.5, 0.6) is 5.75 Å². The van der Waals surface area contributed by atoms with Gasteiger partial charge in [0.25, 0.3) is 0 Å². The van der Waals surface area contributed by atoms with Gasteiger partial charge in [0.2, 0.25) is 0 Å². The van der Waals surface area contributed by atoms with Gasteiger partial charge >= 0.3 is 0 Å². The molecular formula is C16H17BrFNO. The van der Waals surface area contributed by atoms with Crippen molar-refractivity contribution in [3.05, 3.63) is 63.9 Å². The van der Waals surface area contributed by atoms with Crippen molar-refractivity contribution in [2.75, 3.05) is 6.54 Å². The fourth-order valence-electron chi connectivity index (χ4n) is 1.87. The first-order chi connectivity index (χ1) is 9.70. The van der Waals surface area contributed by atoms with Crippen LogP contribution in [0.2, 0.25) is 0 Å². The van der Waals surface area contributed by atoms with E-state index in [1.807, 2.05) is 18.2 Å². The zero-order valence-corrected chi connectivity index (χ0v) is 12.9. The SMILES string of the molecule is CCNCc1ccccc1COc1cc(F)ccc1Br. The molecule has 0 heterocycles. The monoisotopic (exact) mass is 337 g/mol. The smallest absolute Gasteiger partial charge is 0.136 e. The molecule has 2 nitrogen and oxygen atoms in total. The molecule has 2 aromatic carbocycles. The number of hydrogen-bond donors (Lipinski definition) is 1. The third kappa shape index (κ3) is 4.05. The molecule has 0 amide bonds. The molecule has 0 aliphatic carbocycles. The third-order valence-corrected chi connectivity index (χ3v) is 3.62. The Morgan fingerprint density at radius 1 is 1.15 bits per heavy atom. The predicted molar refractivity (Wildman–Crippen MR) is 82.3 cm³/mol. The van der Waals surface area contributed by atoms with Crippen LogP contribution in [-0.4, -0.2) is 6.54 Å². The molecular weight excluding hydrogens is 321 g/mol. The van der Waals surface area contributed by atoms with Crippen LogP contribution in [0.1, 0.15) is 18.1 Å². The largest absolute Gasteiger partial charge is 0.488 e. The fourth-order valence-corrected chi connectivity index (χ4v) is 2.23. The first-order valence-corrected chi connectivity index (χ1v) is 7.35. The van der Waals surface area contributed by atoms with E-state index in [0.717, 1.165) is 23.1 Å². The zero-order valence-electron chi connectivity index (χ0n) is 11.3. The van der Waals surface area contributed by atoms with Crippen molar-refractivity contribution in [1.29, 1.82) is 0 Å². The molecule has 0 aromatic heterocycles. The van der Waals surface area contributed by atoms with E-state index in [2.05, 4.69) is 34.2 Å². The second kappa shape index (κ2) is 7.41. The average Bonchev–Trinajstić information content (AvgIpc) is 2.47. The van der Waals surface area contributed by atoms with Gasteiger partial charge < -0.3 is 10.1 Å². The Hall–Kier alpha value is -1.39. The van der Waals surface area contributed by atoms with Crippen molar-refractivity contribution >= 4 is 15.9 Å². The van der Waals surface area contributed by atoms with Crippen molar-refractivity contribution in [3.63, 3.8) is 0 Å². The molecule has 0 atom stereocenters. The standard InChI is InChI=1S/C16H17BrFNO/c1-2-19-10-12-5-3-4-6-13(12)11-20-16-9-14(18)7-8-15(16)17/h3-9,19H,2,10-11H2,1H3. The van der Waals surface area contributed by atoms with E-state index < -0.39 is 0 Å². The summed E-state index contributed by atoms with van der Waals surface area (Å²) < 4.78 is 19.7.